The Hall–Kier alpha value is -1.36. The van der Waals surface area contributed by atoms with Crippen molar-refractivity contribution < 1.29 is 4.79 Å². The lowest BCUT2D eigenvalue weighted by Gasteiger charge is -2.20. The molecule has 1 N–H and O–H groups in total. The molecular weight excluding hydrogens is 228 g/mol. The highest BCUT2D eigenvalue weighted by Crippen LogP contribution is 2.21. The number of carbonyl (C=O) groups is 1. The molecule has 100 valence electrons. The summed E-state index contributed by atoms with van der Waals surface area (Å²) in [4.78, 5) is 18.2. The average Bonchev–Trinajstić information content (AvgIpc) is 3.00. The van der Waals surface area contributed by atoms with Gasteiger partial charge in [-0.3, -0.25) is 4.79 Å². The van der Waals surface area contributed by atoms with E-state index in [-0.39, 0.29) is 5.91 Å². The van der Waals surface area contributed by atoms with Gasteiger partial charge in [-0.2, -0.15) is 0 Å². The molecule has 1 aromatic rings. The van der Waals surface area contributed by atoms with Crippen LogP contribution in [0.4, 0.5) is 0 Å². The van der Waals surface area contributed by atoms with Gasteiger partial charge < -0.3 is 14.8 Å². The molecule has 0 radical (unpaired) electrons. The summed E-state index contributed by atoms with van der Waals surface area (Å²) in [6.07, 6.45) is 4.80. The number of aromatic nitrogens is 2. The molecule has 0 spiro atoms. The van der Waals surface area contributed by atoms with Crippen LogP contribution in [0.15, 0.2) is 12.5 Å². The molecule has 1 aliphatic heterocycles. The van der Waals surface area contributed by atoms with E-state index in [4.69, 9.17) is 0 Å². The number of hydrogen-bond donors (Lipinski definition) is 1. The number of nitrogens with one attached hydrogen (secondary N) is 1. The van der Waals surface area contributed by atoms with E-state index in [1.165, 1.54) is 5.69 Å². The molecule has 0 saturated carbocycles. The molecule has 1 atom stereocenters. The second kappa shape index (κ2) is 6.00. The van der Waals surface area contributed by atoms with Gasteiger partial charge in [-0.25, -0.2) is 4.98 Å². The molecule has 0 aliphatic carbocycles. The van der Waals surface area contributed by atoms with Gasteiger partial charge in [-0.1, -0.05) is 0 Å². The second-order valence-corrected chi connectivity index (χ2v) is 4.70. The third kappa shape index (κ3) is 2.72. The number of rotatable bonds is 5. The predicted octanol–water partition coefficient (Wildman–Crippen LogP) is 0.828. The van der Waals surface area contributed by atoms with Gasteiger partial charge in [0, 0.05) is 37.4 Å². The summed E-state index contributed by atoms with van der Waals surface area (Å²) in [5.41, 5.74) is 1.18. The van der Waals surface area contributed by atoms with Crippen molar-refractivity contribution in [3.8, 4) is 0 Å². The number of nitrogens with zero attached hydrogens (tertiary/aromatic N) is 3. The van der Waals surface area contributed by atoms with Crippen molar-refractivity contribution in [1.82, 2.24) is 19.8 Å². The maximum absolute atomic E-state index is 12.1. The molecule has 1 unspecified atom stereocenters. The predicted molar refractivity (Wildman–Crippen MR) is 70.4 cm³/mol. The summed E-state index contributed by atoms with van der Waals surface area (Å²) in [5, 5.41) is 3.35. The summed E-state index contributed by atoms with van der Waals surface area (Å²) >= 11 is 0. The van der Waals surface area contributed by atoms with Crippen LogP contribution < -0.4 is 5.32 Å². The highest BCUT2D eigenvalue weighted by Gasteiger charge is 2.21. The molecular formula is C13H22N4O. The third-order valence-corrected chi connectivity index (χ3v) is 3.64. The molecule has 0 bridgehead atoms. The normalized spacial score (nSPS) is 19.1. The molecule has 18 heavy (non-hydrogen) atoms. The molecule has 0 aromatic carbocycles. The molecule has 2 rings (SSSR count). The smallest absolute Gasteiger partial charge is 0.242 e. The van der Waals surface area contributed by atoms with Gasteiger partial charge >= 0.3 is 0 Å². The van der Waals surface area contributed by atoms with E-state index < -0.39 is 0 Å². The number of carbonyl (C=O) groups excluding carboxylic acids is 1. The number of hydrogen-bond acceptors (Lipinski definition) is 3. The van der Waals surface area contributed by atoms with Crippen LogP contribution in [0.25, 0.3) is 0 Å². The Morgan fingerprint density at radius 2 is 2.33 bits per heavy atom. The molecule has 2 heterocycles. The minimum atomic E-state index is 0.171. The molecule has 5 heteroatoms. The lowest BCUT2D eigenvalue weighted by atomic mass is 10.1. The highest BCUT2D eigenvalue weighted by atomic mass is 16.2. The topological polar surface area (TPSA) is 50.2 Å². The summed E-state index contributed by atoms with van der Waals surface area (Å²) in [6.45, 7) is 8.02. The zero-order valence-corrected chi connectivity index (χ0v) is 11.2. The van der Waals surface area contributed by atoms with Gasteiger partial charge in [0.05, 0.1) is 6.33 Å². The first-order valence-electron chi connectivity index (χ1n) is 6.74. The fraction of sp³-hybridized carbons (Fsp3) is 0.692. The van der Waals surface area contributed by atoms with Gasteiger partial charge in [-0.05, 0) is 26.8 Å². The number of amides is 1. The molecule has 1 amide bonds. The van der Waals surface area contributed by atoms with Crippen LogP contribution in [0.5, 0.6) is 0 Å². The van der Waals surface area contributed by atoms with Gasteiger partial charge in [0.1, 0.15) is 6.54 Å². The van der Waals surface area contributed by atoms with E-state index in [0.29, 0.717) is 12.5 Å². The second-order valence-electron chi connectivity index (χ2n) is 4.70. The van der Waals surface area contributed by atoms with Crippen molar-refractivity contribution in [1.29, 1.82) is 0 Å². The molecule has 5 nitrogen and oxygen atoms in total. The quantitative estimate of drug-likeness (QED) is 0.842. The van der Waals surface area contributed by atoms with Gasteiger partial charge in [0.25, 0.3) is 0 Å². The monoisotopic (exact) mass is 250 g/mol. The van der Waals surface area contributed by atoms with Crippen molar-refractivity contribution in [3.05, 3.63) is 18.2 Å². The highest BCUT2D eigenvalue weighted by molar-refractivity contribution is 5.76. The Labute approximate surface area is 108 Å². The minimum Gasteiger partial charge on any atom is -0.342 e. The number of likely N-dealkylation sites (N-methyl/N-ethyl adjacent to an activating group) is 1. The summed E-state index contributed by atoms with van der Waals surface area (Å²) < 4.78 is 2.00. The Morgan fingerprint density at radius 3 is 2.94 bits per heavy atom. The average molecular weight is 250 g/mol. The maximum Gasteiger partial charge on any atom is 0.242 e. The summed E-state index contributed by atoms with van der Waals surface area (Å²) in [6, 6.07) is 0. The van der Waals surface area contributed by atoms with Crippen LogP contribution in [0.1, 0.15) is 31.9 Å². The largest absolute Gasteiger partial charge is 0.342 e. The summed E-state index contributed by atoms with van der Waals surface area (Å²) in [7, 11) is 0. The Bertz CT molecular complexity index is 391. The first kappa shape index (κ1) is 13.1. The van der Waals surface area contributed by atoms with Gasteiger partial charge in [0.15, 0.2) is 0 Å². The van der Waals surface area contributed by atoms with Crippen molar-refractivity contribution in [2.45, 2.75) is 32.7 Å². The fourth-order valence-corrected chi connectivity index (χ4v) is 2.53. The SMILES string of the molecule is CCN(CC)C(=O)Cn1cncc1C1CCNC1. The van der Waals surface area contributed by atoms with Crippen LogP contribution in [-0.2, 0) is 11.3 Å². The Balaban J connectivity index is 2.05. The van der Waals surface area contributed by atoms with Crippen LogP contribution in [-0.4, -0.2) is 46.5 Å². The van der Waals surface area contributed by atoms with Crippen molar-refractivity contribution in [2.75, 3.05) is 26.2 Å². The van der Waals surface area contributed by atoms with Crippen LogP contribution in [0, 0.1) is 0 Å². The van der Waals surface area contributed by atoms with E-state index in [0.717, 1.165) is 32.6 Å². The molecule has 1 fully saturated rings. The molecule has 1 aliphatic rings. The molecule has 1 aromatic heterocycles. The first-order chi connectivity index (χ1) is 8.76. The van der Waals surface area contributed by atoms with Crippen molar-refractivity contribution >= 4 is 5.91 Å². The van der Waals surface area contributed by atoms with E-state index in [2.05, 4.69) is 10.3 Å². The Kier molecular flexibility index (Phi) is 4.36. The standard InChI is InChI=1S/C13H22N4O/c1-3-16(4-2)13(18)9-17-10-15-8-12(17)11-5-6-14-7-11/h8,10-11,14H,3-7,9H2,1-2H3. The summed E-state index contributed by atoms with van der Waals surface area (Å²) in [5.74, 6) is 0.669. The fourth-order valence-electron chi connectivity index (χ4n) is 2.53. The van der Waals surface area contributed by atoms with E-state index in [9.17, 15) is 4.79 Å². The first-order valence-corrected chi connectivity index (χ1v) is 6.74. The molecule has 1 saturated heterocycles. The Morgan fingerprint density at radius 1 is 1.56 bits per heavy atom. The van der Waals surface area contributed by atoms with E-state index in [1.807, 2.05) is 29.5 Å². The zero-order valence-electron chi connectivity index (χ0n) is 11.2. The minimum absolute atomic E-state index is 0.171. The van der Waals surface area contributed by atoms with E-state index >= 15 is 0 Å². The van der Waals surface area contributed by atoms with Gasteiger partial charge in [0.2, 0.25) is 5.91 Å². The van der Waals surface area contributed by atoms with Crippen LogP contribution >= 0.6 is 0 Å². The lowest BCUT2D eigenvalue weighted by Crippen LogP contribution is -2.33. The van der Waals surface area contributed by atoms with Crippen LogP contribution in [0.3, 0.4) is 0 Å². The van der Waals surface area contributed by atoms with Gasteiger partial charge in [-0.15, -0.1) is 0 Å². The third-order valence-electron chi connectivity index (χ3n) is 3.64. The maximum atomic E-state index is 12.1. The zero-order chi connectivity index (χ0) is 13.0. The van der Waals surface area contributed by atoms with Crippen molar-refractivity contribution in [2.24, 2.45) is 0 Å². The van der Waals surface area contributed by atoms with Crippen molar-refractivity contribution in [3.63, 3.8) is 0 Å². The van der Waals surface area contributed by atoms with Crippen LogP contribution in [0.2, 0.25) is 0 Å². The van der Waals surface area contributed by atoms with E-state index in [1.54, 1.807) is 6.33 Å². The number of imidazole rings is 1. The lowest BCUT2D eigenvalue weighted by molar-refractivity contribution is -0.131.